The van der Waals surface area contributed by atoms with E-state index in [1.54, 1.807) is 59.7 Å². The van der Waals surface area contributed by atoms with Crippen LogP contribution in [0.5, 0.6) is 5.75 Å². The quantitative estimate of drug-likeness (QED) is 0.501. The lowest BCUT2D eigenvalue weighted by Gasteiger charge is -2.26. The summed E-state index contributed by atoms with van der Waals surface area (Å²) in [5, 5.41) is 2.51. The van der Waals surface area contributed by atoms with E-state index in [2.05, 4.69) is 5.32 Å². The highest BCUT2D eigenvalue weighted by molar-refractivity contribution is 7.87. The van der Waals surface area contributed by atoms with Gasteiger partial charge in [-0.1, -0.05) is 30.3 Å². The molecule has 2 aromatic rings. The maximum Gasteiger partial charge on any atom is 0.408 e. The molecule has 0 spiro atoms. The lowest BCUT2D eigenvalue weighted by Crippen LogP contribution is -2.40. The van der Waals surface area contributed by atoms with Gasteiger partial charge in [0.15, 0.2) is 6.04 Å². The van der Waals surface area contributed by atoms with Crippen LogP contribution in [0.3, 0.4) is 0 Å². The van der Waals surface area contributed by atoms with Crippen LogP contribution in [-0.2, 0) is 24.4 Å². The highest BCUT2D eigenvalue weighted by Gasteiger charge is 2.30. The Morgan fingerprint density at radius 3 is 1.84 bits per heavy atom. The zero-order valence-electron chi connectivity index (χ0n) is 19.0. The fourth-order valence-electron chi connectivity index (χ4n) is 2.54. The first kappa shape index (κ1) is 25.2. The molecule has 32 heavy (non-hydrogen) atoms. The Labute approximate surface area is 189 Å². The van der Waals surface area contributed by atoms with Gasteiger partial charge in [0.05, 0.1) is 0 Å². The predicted molar refractivity (Wildman–Crippen MR) is 119 cm³/mol. The van der Waals surface area contributed by atoms with Gasteiger partial charge in [0, 0.05) is 0 Å². The average molecular weight is 464 g/mol. The minimum absolute atomic E-state index is 0.0160. The summed E-state index contributed by atoms with van der Waals surface area (Å²) in [6.07, 6.45) is -0.791. The highest BCUT2D eigenvalue weighted by Crippen LogP contribution is 2.24. The fraction of sp³-hybridized carbons (Fsp3) is 0.391. The molecule has 0 saturated carbocycles. The minimum Gasteiger partial charge on any atom is -0.458 e. The number of hydrogen-bond acceptors (Lipinski definition) is 7. The van der Waals surface area contributed by atoms with Crippen molar-refractivity contribution in [2.45, 2.75) is 63.7 Å². The number of hydrogen-bond donors (Lipinski definition) is 1. The molecule has 9 heteroatoms. The summed E-state index contributed by atoms with van der Waals surface area (Å²) in [5.74, 6) is -0.633. The third-order valence-electron chi connectivity index (χ3n) is 3.75. The van der Waals surface area contributed by atoms with Crippen molar-refractivity contribution in [2.75, 3.05) is 0 Å². The van der Waals surface area contributed by atoms with Crippen molar-refractivity contribution >= 4 is 22.2 Å². The number of carbonyl (C=O) groups is 2. The van der Waals surface area contributed by atoms with Crippen molar-refractivity contribution in [3.8, 4) is 5.75 Å². The van der Waals surface area contributed by atoms with Crippen LogP contribution >= 0.6 is 0 Å². The molecule has 0 aliphatic heterocycles. The molecular weight excluding hydrogens is 434 g/mol. The van der Waals surface area contributed by atoms with E-state index < -0.39 is 39.4 Å². The third-order valence-corrected chi connectivity index (χ3v) is 5.02. The summed E-state index contributed by atoms with van der Waals surface area (Å²) in [6, 6.07) is 12.3. The van der Waals surface area contributed by atoms with Crippen LogP contribution in [0.2, 0.25) is 0 Å². The second kappa shape index (κ2) is 9.60. The van der Waals surface area contributed by atoms with Gasteiger partial charge >= 0.3 is 22.2 Å². The largest absolute Gasteiger partial charge is 0.458 e. The lowest BCUT2D eigenvalue weighted by molar-refractivity contribution is -0.157. The first-order chi connectivity index (χ1) is 14.7. The first-order valence-electron chi connectivity index (χ1n) is 9.98. The van der Waals surface area contributed by atoms with E-state index in [1.807, 2.05) is 0 Å². The van der Waals surface area contributed by atoms with Crippen molar-refractivity contribution in [1.82, 2.24) is 5.32 Å². The Kier molecular flexibility index (Phi) is 7.56. The van der Waals surface area contributed by atoms with Crippen LogP contribution in [0, 0.1) is 0 Å². The molecule has 1 amide bonds. The molecule has 0 heterocycles. The van der Waals surface area contributed by atoms with Crippen molar-refractivity contribution in [1.29, 1.82) is 0 Å². The minimum atomic E-state index is -4.01. The van der Waals surface area contributed by atoms with Gasteiger partial charge in [-0.25, -0.2) is 9.59 Å². The molecule has 1 N–H and O–H groups in total. The van der Waals surface area contributed by atoms with Gasteiger partial charge in [-0.15, -0.1) is 0 Å². The van der Waals surface area contributed by atoms with Gasteiger partial charge in [0.1, 0.15) is 21.8 Å². The first-order valence-corrected chi connectivity index (χ1v) is 11.4. The number of rotatable bonds is 6. The molecule has 0 aliphatic carbocycles. The predicted octanol–water partition coefficient (Wildman–Crippen LogP) is 4.36. The normalized spacial score (nSPS) is 13.1. The van der Waals surface area contributed by atoms with E-state index in [9.17, 15) is 18.0 Å². The molecule has 0 aromatic heterocycles. The SMILES string of the molecule is CC(C)(C)OC(=O)NC(C(=O)OC(C)(C)C)c1ccc(OS(=O)(=O)c2ccccc2)cc1. The number of carbonyl (C=O) groups excluding carboxylic acids is 2. The Morgan fingerprint density at radius 1 is 0.812 bits per heavy atom. The van der Waals surface area contributed by atoms with Crippen molar-refractivity contribution in [3.05, 3.63) is 60.2 Å². The van der Waals surface area contributed by atoms with E-state index in [1.165, 1.54) is 36.4 Å². The number of nitrogens with one attached hydrogen (secondary N) is 1. The van der Waals surface area contributed by atoms with Gasteiger partial charge in [-0.05, 0) is 71.4 Å². The molecule has 1 atom stereocenters. The van der Waals surface area contributed by atoms with Gasteiger partial charge in [-0.2, -0.15) is 8.42 Å². The van der Waals surface area contributed by atoms with E-state index in [0.29, 0.717) is 5.56 Å². The summed E-state index contributed by atoms with van der Waals surface area (Å²) in [4.78, 5) is 25.0. The lowest BCUT2D eigenvalue weighted by atomic mass is 10.1. The van der Waals surface area contributed by atoms with Crippen LogP contribution in [0.4, 0.5) is 4.79 Å². The molecule has 2 aromatic carbocycles. The van der Waals surface area contributed by atoms with Crippen molar-refractivity contribution < 1.29 is 31.7 Å². The number of esters is 1. The Hall–Kier alpha value is -3.07. The third kappa shape index (κ3) is 7.88. The number of alkyl carbamates (subject to hydrolysis) is 1. The zero-order valence-corrected chi connectivity index (χ0v) is 19.9. The molecule has 1 unspecified atom stereocenters. The monoisotopic (exact) mass is 463 g/mol. The molecule has 8 nitrogen and oxygen atoms in total. The van der Waals surface area contributed by atoms with Crippen LogP contribution in [0.1, 0.15) is 53.1 Å². The summed E-state index contributed by atoms with van der Waals surface area (Å²) in [6.45, 7) is 10.2. The highest BCUT2D eigenvalue weighted by atomic mass is 32.2. The van der Waals surface area contributed by atoms with E-state index in [4.69, 9.17) is 13.7 Å². The van der Waals surface area contributed by atoms with E-state index >= 15 is 0 Å². The maximum absolute atomic E-state index is 12.7. The summed E-state index contributed by atoms with van der Waals surface area (Å²) < 4.78 is 40.6. The maximum atomic E-state index is 12.7. The molecule has 0 radical (unpaired) electrons. The molecule has 2 rings (SSSR count). The average Bonchev–Trinajstić information content (AvgIpc) is 2.64. The van der Waals surface area contributed by atoms with Crippen molar-refractivity contribution in [2.24, 2.45) is 0 Å². The number of amides is 1. The number of ether oxygens (including phenoxy) is 2. The second-order valence-corrected chi connectivity index (χ2v) is 10.6. The number of benzene rings is 2. The van der Waals surface area contributed by atoms with Crippen LogP contribution in [0.25, 0.3) is 0 Å². The standard InChI is InChI=1S/C23H29NO7S/c1-22(2,3)29-20(25)19(24-21(26)30-23(4,5)6)16-12-14-17(15-13-16)31-32(27,28)18-10-8-7-9-11-18/h7-15,19H,1-6H3,(H,24,26). The van der Waals surface area contributed by atoms with Gasteiger partial charge in [0.25, 0.3) is 0 Å². The topological polar surface area (TPSA) is 108 Å². The van der Waals surface area contributed by atoms with Gasteiger partial charge in [-0.3, -0.25) is 0 Å². The van der Waals surface area contributed by atoms with E-state index in [0.717, 1.165) is 0 Å². The molecular formula is C23H29NO7S. The second-order valence-electron chi connectivity index (χ2n) is 9.03. The van der Waals surface area contributed by atoms with Gasteiger partial charge < -0.3 is 19.0 Å². The van der Waals surface area contributed by atoms with E-state index in [-0.39, 0.29) is 10.6 Å². The zero-order chi connectivity index (χ0) is 24.2. The van der Waals surface area contributed by atoms with Gasteiger partial charge in [0.2, 0.25) is 0 Å². The van der Waals surface area contributed by atoms with Crippen LogP contribution in [-0.4, -0.2) is 31.7 Å². The smallest absolute Gasteiger partial charge is 0.408 e. The van der Waals surface area contributed by atoms with Crippen LogP contribution in [0.15, 0.2) is 59.5 Å². The van der Waals surface area contributed by atoms with Crippen molar-refractivity contribution in [3.63, 3.8) is 0 Å². The summed E-state index contributed by atoms with van der Waals surface area (Å²) >= 11 is 0. The Bertz CT molecular complexity index is 1030. The molecule has 0 fully saturated rings. The molecule has 0 saturated heterocycles. The Balaban J connectivity index is 2.25. The molecule has 0 bridgehead atoms. The molecule has 0 aliphatic rings. The Morgan fingerprint density at radius 2 is 1.34 bits per heavy atom. The fourth-order valence-corrected chi connectivity index (χ4v) is 3.49. The summed E-state index contributed by atoms with van der Waals surface area (Å²) in [7, 11) is -4.01. The van der Waals surface area contributed by atoms with Crippen LogP contribution < -0.4 is 9.50 Å². The molecule has 174 valence electrons. The summed E-state index contributed by atoms with van der Waals surface area (Å²) in [5.41, 5.74) is -1.17.